The van der Waals surface area contributed by atoms with Crippen molar-refractivity contribution < 1.29 is 18.7 Å². The quantitative estimate of drug-likeness (QED) is 0.909. The Balaban J connectivity index is 1.90. The summed E-state index contributed by atoms with van der Waals surface area (Å²) in [6, 6.07) is 12.9. The highest BCUT2D eigenvalue weighted by atomic mass is 19.1. The summed E-state index contributed by atoms with van der Waals surface area (Å²) in [6.07, 6.45) is 1.77. The largest absolute Gasteiger partial charge is 0.488 e. The first-order valence-electron chi connectivity index (χ1n) is 7.83. The zero-order valence-electron chi connectivity index (χ0n) is 13.4. The van der Waals surface area contributed by atoms with Crippen LogP contribution in [-0.2, 0) is 9.59 Å². The predicted molar refractivity (Wildman–Crippen MR) is 92.5 cm³/mol. The lowest BCUT2D eigenvalue weighted by Gasteiger charge is -2.25. The van der Waals surface area contributed by atoms with Crippen LogP contribution >= 0.6 is 0 Å². The zero-order valence-corrected chi connectivity index (χ0v) is 13.4. The van der Waals surface area contributed by atoms with Gasteiger partial charge in [-0.1, -0.05) is 18.2 Å². The molecule has 0 atom stereocenters. The molecule has 0 saturated carbocycles. The Kier molecular flexibility index (Phi) is 4.79. The minimum absolute atomic E-state index is 0.00778. The number of rotatable bonds is 5. The van der Waals surface area contributed by atoms with Gasteiger partial charge in [-0.2, -0.15) is 0 Å². The van der Waals surface area contributed by atoms with Crippen molar-refractivity contribution >= 4 is 23.6 Å². The monoisotopic (exact) mass is 340 g/mol. The van der Waals surface area contributed by atoms with Gasteiger partial charge >= 0.3 is 0 Å². The number of hydrogen-bond acceptors (Lipinski definition) is 3. The highest BCUT2D eigenvalue weighted by Crippen LogP contribution is 2.27. The molecule has 0 bridgehead atoms. The molecule has 1 aliphatic rings. The number of primary amides is 1. The van der Waals surface area contributed by atoms with Crippen molar-refractivity contribution in [3.05, 3.63) is 65.5 Å². The summed E-state index contributed by atoms with van der Waals surface area (Å²) in [7, 11) is 0. The molecule has 2 aromatic carbocycles. The van der Waals surface area contributed by atoms with Crippen LogP contribution in [-0.4, -0.2) is 25.0 Å². The predicted octanol–water partition coefficient (Wildman–Crippen LogP) is 2.51. The molecule has 128 valence electrons. The minimum Gasteiger partial charge on any atom is -0.488 e. The Hall–Kier alpha value is -3.15. The van der Waals surface area contributed by atoms with Crippen LogP contribution in [0, 0.1) is 5.82 Å². The topological polar surface area (TPSA) is 72.6 Å². The lowest BCUT2D eigenvalue weighted by molar-refractivity contribution is -0.118. The van der Waals surface area contributed by atoms with Gasteiger partial charge in [0.2, 0.25) is 5.91 Å². The molecule has 0 fully saturated rings. The molecule has 0 saturated heterocycles. The van der Waals surface area contributed by atoms with Crippen LogP contribution in [0.3, 0.4) is 0 Å². The Morgan fingerprint density at radius 1 is 1.12 bits per heavy atom. The van der Waals surface area contributed by atoms with Gasteiger partial charge in [0.15, 0.2) is 0 Å². The maximum atomic E-state index is 13.2. The first-order valence-corrected chi connectivity index (χ1v) is 7.83. The van der Waals surface area contributed by atoms with Gasteiger partial charge in [-0.25, -0.2) is 4.39 Å². The molecule has 3 rings (SSSR count). The summed E-state index contributed by atoms with van der Waals surface area (Å²) in [5.41, 5.74) is 6.96. The molecule has 0 radical (unpaired) electrons. The van der Waals surface area contributed by atoms with E-state index in [4.69, 9.17) is 10.5 Å². The van der Waals surface area contributed by atoms with Gasteiger partial charge < -0.3 is 15.4 Å². The van der Waals surface area contributed by atoms with Gasteiger partial charge in [-0.15, -0.1) is 0 Å². The van der Waals surface area contributed by atoms with Crippen molar-refractivity contribution in [3.63, 3.8) is 0 Å². The van der Waals surface area contributed by atoms with E-state index in [0.717, 1.165) is 5.56 Å². The van der Waals surface area contributed by atoms with E-state index in [0.29, 0.717) is 17.0 Å². The first-order chi connectivity index (χ1) is 12.0. The summed E-state index contributed by atoms with van der Waals surface area (Å²) in [5, 5.41) is 0. The molecule has 2 N–H and O–H groups in total. The molecule has 0 spiro atoms. The smallest absolute Gasteiger partial charge is 0.257 e. The van der Waals surface area contributed by atoms with Crippen molar-refractivity contribution in [3.8, 4) is 5.75 Å². The Bertz CT molecular complexity index is 831. The van der Waals surface area contributed by atoms with E-state index in [1.165, 1.54) is 29.2 Å². The van der Waals surface area contributed by atoms with Crippen LogP contribution in [0.4, 0.5) is 10.1 Å². The maximum absolute atomic E-state index is 13.2. The van der Waals surface area contributed by atoms with Gasteiger partial charge in [0.05, 0.1) is 5.57 Å². The molecule has 0 aromatic heterocycles. The molecule has 0 aliphatic carbocycles. The Morgan fingerprint density at radius 2 is 1.84 bits per heavy atom. The van der Waals surface area contributed by atoms with Crippen LogP contribution in [0.2, 0.25) is 0 Å². The summed E-state index contributed by atoms with van der Waals surface area (Å²) in [5.74, 6) is -0.508. The van der Waals surface area contributed by atoms with E-state index in [1.807, 2.05) is 24.3 Å². The number of halogens is 1. The van der Waals surface area contributed by atoms with Crippen molar-refractivity contribution in [1.82, 2.24) is 0 Å². The maximum Gasteiger partial charge on any atom is 0.257 e. The van der Waals surface area contributed by atoms with Gasteiger partial charge in [-0.05, 0) is 36.4 Å². The van der Waals surface area contributed by atoms with E-state index < -0.39 is 11.7 Å². The highest BCUT2D eigenvalue weighted by molar-refractivity contribution is 6.09. The number of para-hydroxylation sites is 1. The van der Waals surface area contributed by atoms with E-state index in [-0.39, 0.29) is 25.5 Å². The van der Waals surface area contributed by atoms with Crippen LogP contribution in [0.25, 0.3) is 6.08 Å². The Labute approximate surface area is 144 Å². The van der Waals surface area contributed by atoms with Crippen LogP contribution < -0.4 is 15.4 Å². The molecule has 0 unspecified atom stereocenters. The van der Waals surface area contributed by atoms with Crippen LogP contribution in [0.1, 0.15) is 12.0 Å². The van der Waals surface area contributed by atoms with Gasteiger partial charge in [0.25, 0.3) is 5.91 Å². The number of anilines is 1. The number of nitrogens with zero attached hydrogens (tertiary/aromatic N) is 1. The second-order valence-corrected chi connectivity index (χ2v) is 5.65. The van der Waals surface area contributed by atoms with Crippen molar-refractivity contribution in [1.29, 1.82) is 0 Å². The van der Waals surface area contributed by atoms with Gasteiger partial charge in [0, 0.05) is 24.2 Å². The highest BCUT2D eigenvalue weighted by Gasteiger charge is 2.23. The summed E-state index contributed by atoms with van der Waals surface area (Å²) < 4.78 is 18.8. The number of hydrogen-bond donors (Lipinski definition) is 1. The number of benzene rings is 2. The lowest BCUT2D eigenvalue weighted by atomic mass is 10.1. The molecule has 1 heterocycles. The minimum atomic E-state index is -0.515. The average molecular weight is 340 g/mol. The summed E-state index contributed by atoms with van der Waals surface area (Å²) >= 11 is 0. The van der Waals surface area contributed by atoms with Crippen molar-refractivity contribution in [2.45, 2.75) is 6.42 Å². The average Bonchev–Trinajstić information content (AvgIpc) is 2.62. The van der Waals surface area contributed by atoms with E-state index in [9.17, 15) is 14.0 Å². The van der Waals surface area contributed by atoms with Crippen molar-refractivity contribution in [2.24, 2.45) is 5.73 Å². The fraction of sp³-hybridized carbons (Fsp3) is 0.158. The number of carbonyl (C=O) groups is 2. The summed E-state index contributed by atoms with van der Waals surface area (Å²) in [6.45, 7) is 0.239. The standard InChI is InChI=1S/C19H17FN2O3/c20-15-5-7-16(8-6-15)22(10-9-18(21)23)19(24)14-11-13-3-1-2-4-17(13)25-12-14/h1-8,11H,9-10,12H2,(H2,21,23). The molecule has 25 heavy (non-hydrogen) atoms. The fourth-order valence-corrected chi connectivity index (χ4v) is 2.60. The SMILES string of the molecule is NC(=O)CCN(C(=O)C1=Cc2ccccc2OC1)c1ccc(F)cc1. The Morgan fingerprint density at radius 3 is 2.56 bits per heavy atom. The lowest BCUT2D eigenvalue weighted by Crippen LogP contribution is -2.36. The second kappa shape index (κ2) is 7.17. The normalized spacial score (nSPS) is 12.6. The number of fused-ring (bicyclic) bond motifs is 1. The molecule has 2 amide bonds. The third kappa shape index (κ3) is 3.85. The third-order valence-corrected chi connectivity index (χ3v) is 3.87. The van der Waals surface area contributed by atoms with E-state index in [2.05, 4.69) is 0 Å². The van der Waals surface area contributed by atoms with E-state index in [1.54, 1.807) is 6.08 Å². The van der Waals surface area contributed by atoms with E-state index >= 15 is 0 Å². The number of nitrogens with two attached hydrogens (primary N) is 1. The van der Waals surface area contributed by atoms with Crippen LogP contribution in [0.5, 0.6) is 5.75 Å². The third-order valence-electron chi connectivity index (χ3n) is 3.87. The van der Waals surface area contributed by atoms with Crippen molar-refractivity contribution in [2.75, 3.05) is 18.1 Å². The molecule has 5 nitrogen and oxygen atoms in total. The van der Waals surface area contributed by atoms with Crippen LogP contribution in [0.15, 0.2) is 54.1 Å². The molecular formula is C19H17FN2O3. The number of amides is 2. The first kappa shape index (κ1) is 16.7. The number of ether oxygens (including phenoxy) is 1. The van der Waals surface area contributed by atoms with Gasteiger partial charge in [-0.3, -0.25) is 9.59 Å². The summed E-state index contributed by atoms with van der Waals surface area (Å²) in [4.78, 5) is 25.5. The molecule has 6 heteroatoms. The molecule has 1 aliphatic heterocycles. The molecular weight excluding hydrogens is 323 g/mol. The van der Waals surface area contributed by atoms with Gasteiger partial charge in [0.1, 0.15) is 18.2 Å². The molecule has 2 aromatic rings. The number of carbonyl (C=O) groups excluding carboxylic acids is 2. The second-order valence-electron chi connectivity index (χ2n) is 5.65. The zero-order chi connectivity index (χ0) is 17.8. The fourth-order valence-electron chi connectivity index (χ4n) is 2.60.